The smallest absolute Gasteiger partial charge is 0.263 e. The van der Waals surface area contributed by atoms with Gasteiger partial charge in [0.2, 0.25) is 5.95 Å². The number of anilines is 2. The third-order valence-electron chi connectivity index (χ3n) is 4.51. The third-order valence-corrected chi connectivity index (χ3v) is 4.51. The molecule has 0 bridgehead atoms. The van der Waals surface area contributed by atoms with Gasteiger partial charge in [0.15, 0.2) is 5.65 Å². The summed E-state index contributed by atoms with van der Waals surface area (Å²) in [5.74, 6) is 0.298. The third kappa shape index (κ3) is 3.35. The molecule has 0 spiro atoms. The van der Waals surface area contributed by atoms with E-state index in [2.05, 4.69) is 25.5 Å². The largest absolute Gasteiger partial charge is 0.378 e. The van der Waals surface area contributed by atoms with Crippen molar-refractivity contribution in [1.29, 1.82) is 0 Å². The topological polar surface area (TPSA) is 114 Å². The number of hydrogen-bond acceptors (Lipinski definition) is 6. The SMILES string of the molecule is Cc1cc(NC(=O)c2ccc(N(C)C)cc2)n(-c2nc3c(cnn3C)c(=O)[nH]2)n1. The van der Waals surface area contributed by atoms with Crippen molar-refractivity contribution in [3.05, 3.63) is 58.1 Å². The lowest BCUT2D eigenvalue weighted by atomic mass is 10.2. The minimum Gasteiger partial charge on any atom is -0.378 e. The second-order valence-electron chi connectivity index (χ2n) is 6.87. The van der Waals surface area contributed by atoms with Crippen LogP contribution in [-0.2, 0) is 7.05 Å². The molecule has 0 saturated heterocycles. The van der Waals surface area contributed by atoms with Crippen LogP contribution in [0.15, 0.2) is 41.3 Å². The highest BCUT2D eigenvalue weighted by Crippen LogP contribution is 2.18. The maximum absolute atomic E-state index is 12.7. The fourth-order valence-electron chi connectivity index (χ4n) is 2.97. The molecule has 10 nitrogen and oxygen atoms in total. The number of carbonyl (C=O) groups is 1. The van der Waals surface area contributed by atoms with Crippen molar-refractivity contribution in [2.75, 3.05) is 24.3 Å². The molecule has 4 rings (SSSR count). The van der Waals surface area contributed by atoms with Crippen LogP contribution in [0, 0.1) is 6.92 Å². The predicted octanol–water partition coefficient (Wildman–Crippen LogP) is 1.47. The van der Waals surface area contributed by atoms with E-state index >= 15 is 0 Å². The lowest BCUT2D eigenvalue weighted by Crippen LogP contribution is -2.19. The average Bonchev–Trinajstić information content (AvgIpc) is 3.24. The summed E-state index contributed by atoms with van der Waals surface area (Å²) in [6, 6.07) is 8.94. The molecule has 3 heterocycles. The van der Waals surface area contributed by atoms with Crippen LogP contribution < -0.4 is 15.8 Å². The van der Waals surface area contributed by atoms with Gasteiger partial charge in [-0.15, -0.1) is 0 Å². The molecule has 148 valence electrons. The molecule has 0 aliphatic rings. The Kier molecular flexibility index (Phi) is 4.38. The van der Waals surface area contributed by atoms with Crippen LogP contribution in [-0.4, -0.2) is 49.5 Å². The first-order chi connectivity index (χ1) is 13.8. The molecule has 3 aromatic heterocycles. The number of aromatic amines is 1. The molecule has 2 N–H and O–H groups in total. The number of nitrogens with zero attached hydrogens (tertiary/aromatic N) is 6. The molecule has 4 aromatic rings. The summed E-state index contributed by atoms with van der Waals surface area (Å²) in [6.45, 7) is 1.79. The van der Waals surface area contributed by atoms with Gasteiger partial charge in [0.1, 0.15) is 11.2 Å². The summed E-state index contributed by atoms with van der Waals surface area (Å²) in [5, 5.41) is 11.6. The van der Waals surface area contributed by atoms with Gasteiger partial charge in [-0.3, -0.25) is 19.3 Å². The normalized spacial score (nSPS) is 11.0. The van der Waals surface area contributed by atoms with Gasteiger partial charge in [-0.1, -0.05) is 0 Å². The predicted molar refractivity (Wildman–Crippen MR) is 110 cm³/mol. The van der Waals surface area contributed by atoms with E-state index in [4.69, 9.17) is 0 Å². The zero-order chi connectivity index (χ0) is 20.7. The van der Waals surface area contributed by atoms with Gasteiger partial charge in [-0.05, 0) is 31.2 Å². The first-order valence-corrected chi connectivity index (χ1v) is 8.91. The van der Waals surface area contributed by atoms with Crippen molar-refractivity contribution in [3.63, 3.8) is 0 Å². The van der Waals surface area contributed by atoms with Gasteiger partial charge in [0.25, 0.3) is 11.5 Å². The summed E-state index contributed by atoms with van der Waals surface area (Å²) >= 11 is 0. The Morgan fingerprint density at radius 3 is 2.62 bits per heavy atom. The molecule has 1 amide bonds. The monoisotopic (exact) mass is 392 g/mol. The summed E-state index contributed by atoms with van der Waals surface area (Å²) in [4.78, 5) is 34.1. The summed E-state index contributed by atoms with van der Waals surface area (Å²) in [7, 11) is 5.57. The molecule has 29 heavy (non-hydrogen) atoms. The fraction of sp³-hybridized carbons (Fsp3) is 0.211. The molecule has 0 aliphatic heterocycles. The minimum absolute atomic E-state index is 0.192. The zero-order valence-corrected chi connectivity index (χ0v) is 16.5. The van der Waals surface area contributed by atoms with Gasteiger partial charge in [0, 0.05) is 38.5 Å². The molecule has 1 aromatic carbocycles. The Morgan fingerprint density at radius 2 is 1.93 bits per heavy atom. The average molecular weight is 392 g/mol. The van der Waals surface area contributed by atoms with Crippen LogP contribution in [0.5, 0.6) is 0 Å². The molecule has 0 radical (unpaired) electrons. The molecule has 0 atom stereocenters. The highest BCUT2D eigenvalue weighted by atomic mass is 16.2. The summed E-state index contributed by atoms with van der Waals surface area (Å²) in [6.07, 6.45) is 1.46. The Bertz CT molecular complexity index is 1260. The van der Waals surface area contributed by atoms with E-state index in [9.17, 15) is 9.59 Å². The Morgan fingerprint density at radius 1 is 1.21 bits per heavy atom. The zero-order valence-electron chi connectivity index (χ0n) is 16.5. The number of hydrogen-bond donors (Lipinski definition) is 2. The number of aromatic nitrogens is 6. The van der Waals surface area contributed by atoms with Gasteiger partial charge >= 0.3 is 0 Å². The number of H-pyrrole nitrogens is 1. The highest BCUT2D eigenvalue weighted by Gasteiger charge is 2.16. The van der Waals surface area contributed by atoms with Crippen molar-refractivity contribution < 1.29 is 4.79 Å². The lowest BCUT2D eigenvalue weighted by molar-refractivity contribution is 0.102. The summed E-state index contributed by atoms with van der Waals surface area (Å²) in [5.41, 5.74) is 2.26. The number of aryl methyl sites for hydroxylation is 2. The molecule has 0 fully saturated rings. The van der Waals surface area contributed by atoms with E-state index in [1.165, 1.54) is 15.6 Å². The molecule has 10 heteroatoms. The van der Waals surface area contributed by atoms with Gasteiger partial charge < -0.3 is 10.2 Å². The first-order valence-electron chi connectivity index (χ1n) is 8.91. The maximum Gasteiger partial charge on any atom is 0.263 e. The molecule has 0 unspecified atom stereocenters. The molecule has 0 aliphatic carbocycles. The van der Waals surface area contributed by atoms with Gasteiger partial charge in [-0.25, -0.2) is 0 Å². The van der Waals surface area contributed by atoms with Crippen LogP contribution >= 0.6 is 0 Å². The van der Waals surface area contributed by atoms with Crippen molar-refractivity contribution >= 4 is 28.4 Å². The number of fused-ring (bicyclic) bond motifs is 1. The fourth-order valence-corrected chi connectivity index (χ4v) is 2.97. The first kappa shape index (κ1) is 18.4. The van der Waals surface area contributed by atoms with Crippen molar-refractivity contribution in [1.82, 2.24) is 29.5 Å². The van der Waals surface area contributed by atoms with E-state index in [0.29, 0.717) is 28.1 Å². The van der Waals surface area contributed by atoms with Crippen LogP contribution in [0.3, 0.4) is 0 Å². The number of amides is 1. The van der Waals surface area contributed by atoms with Crippen LogP contribution in [0.4, 0.5) is 11.5 Å². The van der Waals surface area contributed by atoms with Crippen LogP contribution in [0.25, 0.3) is 17.0 Å². The Balaban J connectivity index is 1.69. The number of nitrogens with one attached hydrogen (secondary N) is 2. The van der Waals surface area contributed by atoms with E-state index in [-0.39, 0.29) is 17.4 Å². The van der Waals surface area contributed by atoms with Crippen molar-refractivity contribution in [2.24, 2.45) is 7.05 Å². The second kappa shape index (κ2) is 6.89. The van der Waals surface area contributed by atoms with E-state index in [0.717, 1.165) is 5.69 Å². The van der Waals surface area contributed by atoms with E-state index in [1.807, 2.05) is 31.1 Å². The second-order valence-corrected chi connectivity index (χ2v) is 6.87. The van der Waals surface area contributed by atoms with Gasteiger partial charge in [-0.2, -0.15) is 19.9 Å². The molecule has 0 saturated carbocycles. The minimum atomic E-state index is -0.331. The van der Waals surface area contributed by atoms with Crippen LogP contribution in [0.2, 0.25) is 0 Å². The van der Waals surface area contributed by atoms with Gasteiger partial charge in [0.05, 0.1) is 11.9 Å². The maximum atomic E-state index is 12.7. The molecular weight excluding hydrogens is 372 g/mol. The Hall–Kier alpha value is -3.95. The Labute approximate surface area is 165 Å². The number of rotatable bonds is 4. The van der Waals surface area contributed by atoms with Crippen LogP contribution in [0.1, 0.15) is 16.1 Å². The highest BCUT2D eigenvalue weighted by molar-refractivity contribution is 6.04. The standard InChI is InChI=1S/C19H20N8O2/c1-11-9-15(21-17(28)12-5-7-13(8-6-12)25(2)3)27(24-11)19-22-16-14(18(29)23-19)10-20-26(16)4/h5-10H,1-4H3,(H,21,28)(H,22,23,29). The van der Waals surface area contributed by atoms with Crippen molar-refractivity contribution in [2.45, 2.75) is 6.92 Å². The molecular formula is C19H20N8O2. The number of carbonyl (C=O) groups excluding carboxylic acids is 1. The van der Waals surface area contributed by atoms with E-state index in [1.54, 1.807) is 32.2 Å². The summed E-state index contributed by atoms with van der Waals surface area (Å²) < 4.78 is 2.91. The number of benzene rings is 1. The quantitative estimate of drug-likeness (QED) is 0.544. The van der Waals surface area contributed by atoms with E-state index < -0.39 is 0 Å². The lowest BCUT2D eigenvalue weighted by Gasteiger charge is -2.13. The van der Waals surface area contributed by atoms with Crippen molar-refractivity contribution in [3.8, 4) is 5.95 Å².